The highest BCUT2D eigenvalue weighted by atomic mass is 16.2. The van der Waals surface area contributed by atoms with Crippen LogP contribution < -0.4 is 11.1 Å². The Morgan fingerprint density at radius 2 is 1.96 bits per heavy atom. The molecule has 5 heteroatoms. The molecule has 0 aliphatic carbocycles. The van der Waals surface area contributed by atoms with Gasteiger partial charge in [-0.1, -0.05) is 20.3 Å². The van der Waals surface area contributed by atoms with E-state index in [-0.39, 0.29) is 17.7 Å². The summed E-state index contributed by atoms with van der Waals surface area (Å²) >= 11 is 0. The van der Waals surface area contributed by atoms with Crippen LogP contribution in [0.5, 0.6) is 0 Å². The molecule has 1 aliphatic heterocycles. The summed E-state index contributed by atoms with van der Waals surface area (Å²) in [7, 11) is 0. The SMILES string of the molecule is CCC(C)C(N)C(=O)Nc1ccc(C(=O)N2CCCCC2C)cc1. The zero-order valence-electron chi connectivity index (χ0n) is 14.9. The summed E-state index contributed by atoms with van der Waals surface area (Å²) in [6, 6.07) is 6.85. The van der Waals surface area contributed by atoms with Crippen molar-refractivity contribution in [2.45, 2.75) is 58.5 Å². The molecular formula is C19H29N3O2. The van der Waals surface area contributed by atoms with Crippen molar-refractivity contribution >= 4 is 17.5 Å². The number of carbonyl (C=O) groups is 2. The highest BCUT2D eigenvalue weighted by molar-refractivity contribution is 5.97. The molecule has 0 saturated carbocycles. The van der Waals surface area contributed by atoms with Crippen LogP contribution in [0.15, 0.2) is 24.3 Å². The third-order valence-corrected chi connectivity index (χ3v) is 5.02. The summed E-state index contributed by atoms with van der Waals surface area (Å²) in [5.74, 6) is 0.0101. The first-order valence-electron chi connectivity index (χ1n) is 8.91. The Hall–Kier alpha value is -1.88. The molecule has 1 heterocycles. The van der Waals surface area contributed by atoms with Crippen molar-refractivity contribution in [1.82, 2.24) is 4.90 Å². The van der Waals surface area contributed by atoms with Crippen LogP contribution in [0.2, 0.25) is 0 Å². The maximum absolute atomic E-state index is 12.6. The molecule has 5 nitrogen and oxygen atoms in total. The molecule has 2 rings (SSSR count). The number of benzene rings is 1. The lowest BCUT2D eigenvalue weighted by atomic mass is 9.99. The van der Waals surface area contributed by atoms with Crippen LogP contribution in [0.3, 0.4) is 0 Å². The van der Waals surface area contributed by atoms with Crippen LogP contribution in [0.25, 0.3) is 0 Å². The van der Waals surface area contributed by atoms with E-state index in [4.69, 9.17) is 5.73 Å². The first-order chi connectivity index (χ1) is 11.4. The quantitative estimate of drug-likeness (QED) is 0.871. The summed E-state index contributed by atoms with van der Waals surface area (Å²) in [4.78, 5) is 26.6. The number of piperidine rings is 1. The number of amides is 2. The normalized spacial score (nSPS) is 20.3. The van der Waals surface area contributed by atoms with Gasteiger partial charge in [0, 0.05) is 23.8 Å². The molecule has 0 spiro atoms. The van der Waals surface area contributed by atoms with Crippen LogP contribution in [0, 0.1) is 5.92 Å². The van der Waals surface area contributed by atoms with E-state index in [2.05, 4.69) is 12.2 Å². The summed E-state index contributed by atoms with van der Waals surface area (Å²) in [6.45, 7) is 6.90. The molecule has 3 unspecified atom stereocenters. The number of carbonyl (C=O) groups excluding carboxylic acids is 2. The first-order valence-corrected chi connectivity index (χ1v) is 8.91. The molecule has 1 aromatic carbocycles. The third kappa shape index (κ3) is 4.35. The average molecular weight is 331 g/mol. The second-order valence-electron chi connectivity index (χ2n) is 6.82. The lowest BCUT2D eigenvalue weighted by molar-refractivity contribution is -0.118. The molecule has 24 heavy (non-hydrogen) atoms. The van der Waals surface area contributed by atoms with Crippen molar-refractivity contribution in [1.29, 1.82) is 0 Å². The summed E-state index contributed by atoms with van der Waals surface area (Å²) in [5.41, 5.74) is 7.27. The second kappa shape index (κ2) is 8.29. The number of nitrogens with one attached hydrogen (secondary N) is 1. The Bertz CT molecular complexity index is 570. The minimum Gasteiger partial charge on any atom is -0.336 e. The van der Waals surface area contributed by atoms with E-state index < -0.39 is 6.04 Å². The van der Waals surface area contributed by atoms with Gasteiger partial charge in [0.05, 0.1) is 6.04 Å². The van der Waals surface area contributed by atoms with Gasteiger partial charge < -0.3 is 16.0 Å². The van der Waals surface area contributed by atoms with Crippen LogP contribution in [-0.4, -0.2) is 35.3 Å². The van der Waals surface area contributed by atoms with Gasteiger partial charge in [-0.2, -0.15) is 0 Å². The van der Waals surface area contributed by atoms with E-state index in [0.29, 0.717) is 17.3 Å². The second-order valence-corrected chi connectivity index (χ2v) is 6.82. The smallest absolute Gasteiger partial charge is 0.254 e. The average Bonchev–Trinajstić information content (AvgIpc) is 2.60. The predicted molar refractivity (Wildman–Crippen MR) is 96.9 cm³/mol. The van der Waals surface area contributed by atoms with Gasteiger partial charge in [-0.05, 0) is 56.4 Å². The zero-order chi connectivity index (χ0) is 17.7. The van der Waals surface area contributed by atoms with Gasteiger partial charge >= 0.3 is 0 Å². The largest absolute Gasteiger partial charge is 0.336 e. The van der Waals surface area contributed by atoms with E-state index in [0.717, 1.165) is 25.8 Å². The lowest BCUT2D eigenvalue weighted by Gasteiger charge is -2.33. The predicted octanol–water partition coefficient (Wildman–Crippen LogP) is 3.01. The Labute approximate surface area is 144 Å². The van der Waals surface area contributed by atoms with Crippen LogP contribution in [0.4, 0.5) is 5.69 Å². The number of likely N-dealkylation sites (tertiary alicyclic amines) is 1. The Morgan fingerprint density at radius 3 is 2.54 bits per heavy atom. The molecule has 0 aromatic heterocycles. The van der Waals surface area contributed by atoms with Crippen molar-refractivity contribution < 1.29 is 9.59 Å². The molecule has 1 fully saturated rings. The van der Waals surface area contributed by atoms with Crippen molar-refractivity contribution in [3.8, 4) is 0 Å². The number of anilines is 1. The minimum absolute atomic E-state index is 0.0661. The third-order valence-electron chi connectivity index (χ3n) is 5.02. The number of nitrogens with two attached hydrogens (primary N) is 1. The molecule has 1 aromatic rings. The minimum atomic E-state index is -0.523. The summed E-state index contributed by atoms with van der Waals surface area (Å²) < 4.78 is 0. The van der Waals surface area contributed by atoms with E-state index in [1.807, 2.05) is 18.7 Å². The van der Waals surface area contributed by atoms with Gasteiger partial charge in [-0.25, -0.2) is 0 Å². The van der Waals surface area contributed by atoms with Gasteiger partial charge in [-0.15, -0.1) is 0 Å². The number of nitrogens with zero attached hydrogens (tertiary/aromatic N) is 1. The fraction of sp³-hybridized carbons (Fsp3) is 0.579. The number of rotatable bonds is 5. The summed E-state index contributed by atoms with van der Waals surface area (Å²) in [6.07, 6.45) is 4.17. The van der Waals surface area contributed by atoms with E-state index in [1.165, 1.54) is 6.42 Å². The molecule has 3 atom stereocenters. The first kappa shape index (κ1) is 18.5. The molecule has 0 bridgehead atoms. The fourth-order valence-electron chi connectivity index (χ4n) is 3.00. The Kier molecular flexibility index (Phi) is 6.37. The van der Waals surface area contributed by atoms with Gasteiger partial charge in [0.1, 0.15) is 0 Å². The van der Waals surface area contributed by atoms with E-state index in [1.54, 1.807) is 24.3 Å². The molecule has 132 valence electrons. The van der Waals surface area contributed by atoms with Gasteiger partial charge in [0.2, 0.25) is 5.91 Å². The fourth-order valence-corrected chi connectivity index (χ4v) is 3.00. The zero-order valence-corrected chi connectivity index (χ0v) is 14.9. The monoisotopic (exact) mass is 331 g/mol. The van der Waals surface area contributed by atoms with Gasteiger partial charge in [0.15, 0.2) is 0 Å². The highest BCUT2D eigenvalue weighted by Crippen LogP contribution is 2.20. The highest BCUT2D eigenvalue weighted by Gasteiger charge is 2.24. The molecule has 2 amide bonds. The van der Waals surface area contributed by atoms with Gasteiger partial charge in [0.25, 0.3) is 5.91 Å². The van der Waals surface area contributed by atoms with Crippen molar-refractivity contribution in [2.24, 2.45) is 11.7 Å². The lowest BCUT2D eigenvalue weighted by Crippen LogP contribution is -2.42. The Balaban J connectivity index is 2.00. The van der Waals surface area contributed by atoms with Crippen molar-refractivity contribution in [2.75, 3.05) is 11.9 Å². The topological polar surface area (TPSA) is 75.4 Å². The van der Waals surface area contributed by atoms with Crippen LogP contribution in [-0.2, 0) is 4.79 Å². The molecule has 1 saturated heterocycles. The maximum Gasteiger partial charge on any atom is 0.254 e. The molecule has 0 radical (unpaired) electrons. The summed E-state index contributed by atoms with van der Waals surface area (Å²) in [5, 5.41) is 2.82. The number of hydrogen-bond acceptors (Lipinski definition) is 3. The molecule has 1 aliphatic rings. The maximum atomic E-state index is 12.6. The van der Waals surface area contributed by atoms with E-state index in [9.17, 15) is 9.59 Å². The molecular weight excluding hydrogens is 302 g/mol. The van der Waals surface area contributed by atoms with Gasteiger partial charge in [-0.3, -0.25) is 9.59 Å². The van der Waals surface area contributed by atoms with Crippen molar-refractivity contribution in [3.05, 3.63) is 29.8 Å². The standard InChI is InChI=1S/C19H29N3O2/c1-4-13(2)17(20)18(23)21-16-10-8-15(9-11-16)19(24)22-12-6-5-7-14(22)3/h8-11,13-14,17H,4-7,12,20H2,1-3H3,(H,21,23). The van der Waals surface area contributed by atoms with Crippen LogP contribution in [0.1, 0.15) is 56.8 Å². The Morgan fingerprint density at radius 1 is 1.29 bits per heavy atom. The van der Waals surface area contributed by atoms with Crippen molar-refractivity contribution in [3.63, 3.8) is 0 Å². The van der Waals surface area contributed by atoms with Crippen LogP contribution >= 0.6 is 0 Å². The number of hydrogen-bond donors (Lipinski definition) is 2. The van der Waals surface area contributed by atoms with E-state index >= 15 is 0 Å². The molecule has 3 N–H and O–H groups in total.